The Balaban J connectivity index is 0.00000449. The van der Waals surface area contributed by atoms with E-state index in [1.807, 2.05) is 131 Å². The van der Waals surface area contributed by atoms with Crippen molar-refractivity contribution < 1.29 is 35.0 Å². The molecule has 1 aliphatic rings. The maximum absolute atomic E-state index is 6.87. The Morgan fingerprint density at radius 1 is 0.610 bits per heavy atom. The minimum absolute atomic E-state index is 0. The number of nitrogens with zero attached hydrogens (tertiary/aromatic N) is 7. The third kappa shape index (κ3) is 7.10. The van der Waals surface area contributed by atoms with Gasteiger partial charge in [-0.15, -0.1) is 23.6 Å². The van der Waals surface area contributed by atoms with Gasteiger partial charge in [0.15, 0.2) is 11.6 Å². The zero-order valence-electron chi connectivity index (χ0n) is 32.4. The van der Waals surface area contributed by atoms with Gasteiger partial charge in [-0.1, -0.05) is 112 Å². The number of benzene rings is 6. The van der Waals surface area contributed by atoms with Crippen LogP contribution in [-0.4, -0.2) is 39.7 Å². The summed E-state index contributed by atoms with van der Waals surface area (Å²) < 4.78 is 12.9. The third-order valence-corrected chi connectivity index (χ3v) is 10.5. The fourth-order valence-corrected chi connectivity index (χ4v) is 7.31. The molecule has 6 aromatic carbocycles. The van der Waals surface area contributed by atoms with Crippen LogP contribution >= 0.6 is 0 Å². The van der Waals surface area contributed by atoms with Crippen molar-refractivity contribution in [2.75, 3.05) is 0 Å². The molecule has 0 saturated heterocycles. The van der Waals surface area contributed by atoms with Crippen LogP contribution in [-0.2, 0) is 21.1 Å². The van der Waals surface area contributed by atoms with E-state index in [2.05, 4.69) is 73.8 Å². The summed E-state index contributed by atoms with van der Waals surface area (Å²) in [6.45, 7) is 6.43. The summed E-state index contributed by atoms with van der Waals surface area (Å²) in [5, 5.41) is 1.99. The number of hydrogen-bond donors (Lipinski definition) is 0. The molecule has 0 aliphatic carbocycles. The Morgan fingerprint density at radius 3 is 1.95 bits per heavy atom. The Morgan fingerprint density at radius 2 is 1.25 bits per heavy atom. The Hall–Kier alpha value is -7.11. The number of aromatic nitrogens is 5. The van der Waals surface area contributed by atoms with Gasteiger partial charge >= 0.3 is 27.1 Å². The van der Waals surface area contributed by atoms with E-state index in [1.165, 1.54) is 16.7 Å². The molecule has 4 heterocycles. The summed E-state index contributed by atoms with van der Waals surface area (Å²) in [6.07, 6.45) is 5.76. The molecule has 3 aromatic heterocycles. The molecule has 9 aromatic rings. The largest absolute Gasteiger partial charge is 2.00 e. The van der Waals surface area contributed by atoms with Crippen molar-refractivity contribution in [2.24, 2.45) is 0 Å². The summed E-state index contributed by atoms with van der Waals surface area (Å²) in [6, 6.07) is 57.0. The molecule has 10 rings (SSSR count). The number of aryl methyl sites for hydroxylation is 2. The van der Waals surface area contributed by atoms with Crippen molar-refractivity contribution in [3.8, 4) is 51.5 Å². The molecule has 0 spiro atoms. The fourth-order valence-electron chi connectivity index (χ4n) is 7.31. The number of para-hydroxylation sites is 1. The van der Waals surface area contributed by atoms with Crippen molar-refractivity contribution in [1.29, 1.82) is 0 Å². The zero-order chi connectivity index (χ0) is 39.2. The molecule has 59 heavy (non-hydrogen) atoms. The van der Waals surface area contributed by atoms with Gasteiger partial charge in [0.1, 0.15) is 17.3 Å². The van der Waals surface area contributed by atoms with Crippen LogP contribution in [0.3, 0.4) is 0 Å². The molecule has 1 aliphatic heterocycles. The Bertz CT molecular complexity index is 3070. The average Bonchev–Trinajstić information content (AvgIpc) is 3.90. The van der Waals surface area contributed by atoms with E-state index >= 15 is 0 Å². The van der Waals surface area contributed by atoms with Crippen molar-refractivity contribution >= 4 is 39.2 Å². The van der Waals surface area contributed by atoms with E-state index < -0.39 is 0 Å². The summed E-state index contributed by atoms with van der Waals surface area (Å²) in [4.78, 5) is 19.9. The van der Waals surface area contributed by atoms with Crippen molar-refractivity contribution in [3.05, 3.63) is 187 Å². The number of hydrogen-bond acceptors (Lipinski definition) is 5. The third-order valence-electron chi connectivity index (χ3n) is 10.5. The van der Waals surface area contributed by atoms with E-state index in [0.717, 1.165) is 50.1 Å². The maximum Gasteiger partial charge on any atom is 2.00 e. The molecular formula is C50H35N7OPt+2. The predicted octanol–water partition coefficient (Wildman–Crippen LogP) is 11.3. The van der Waals surface area contributed by atoms with Crippen LogP contribution in [0.4, 0.5) is 11.4 Å². The summed E-state index contributed by atoms with van der Waals surface area (Å²) >= 11 is 0. The molecule has 0 atom stereocenters. The van der Waals surface area contributed by atoms with Gasteiger partial charge in [-0.25, -0.2) is 19.9 Å². The van der Waals surface area contributed by atoms with Gasteiger partial charge in [-0.2, -0.15) is 6.07 Å². The molecule has 0 saturated carbocycles. The molecule has 8 nitrogen and oxygen atoms in total. The first-order chi connectivity index (χ1) is 28.5. The second-order valence-corrected chi connectivity index (χ2v) is 14.2. The molecular weight excluding hydrogens is 910 g/mol. The summed E-state index contributed by atoms with van der Waals surface area (Å²) in [5.74, 6) is 3.25. The SMILES string of the molecule is Cc1cc([N+]2=C=[N+](c3[c-]c(Oc4[c-]c5c(cc4-c4nc(-c6ccccc6)nc(-c6ccccc6)n4)c4ccccc4n5-c4ccccn4)ccc3)C=C2)cc(C)c1C.[Pt+2]. The second-order valence-electron chi connectivity index (χ2n) is 14.2. The topological polar surface area (TPSA) is 71.7 Å². The van der Waals surface area contributed by atoms with Gasteiger partial charge in [0.25, 0.3) is 12.4 Å². The first-order valence-corrected chi connectivity index (χ1v) is 19.1. The molecule has 0 unspecified atom stereocenters. The minimum Gasteiger partial charge on any atom is -0.508 e. The molecule has 0 fully saturated rings. The smallest absolute Gasteiger partial charge is 0.508 e. The van der Waals surface area contributed by atoms with Crippen LogP contribution in [0.2, 0.25) is 0 Å². The van der Waals surface area contributed by atoms with Crippen molar-refractivity contribution in [2.45, 2.75) is 20.8 Å². The van der Waals surface area contributed by atoms with E-state index in [4.69, 9.17) is 24.7 Å². The van der Waals surface area contributed by atoms with Gasteiger partial charge in [0.05, 0.1) is 0 Å². The fraction of sp³-hybridized carbons (Fsp3) is 0.0600. The number of fused-ring (bicyclic) bond motifs is 3. The van der Waals surface area contributed by atoms with Crippen LogP contribution in [0.5, 0.6) is 11.5 Å². The van der Waals surface area contributed by atoms with Gasteiger partial charge in [-0.05, 0) is 66.6 Å². The van der Waals surface area contributed by atoms with Gasteiger partial charge in [-0.3, -0.25) is 0 Å². The van der Waals surface area contributed by atoms with Crippen LogP contribution in [0.1, 0.15) is 16.7 Å². The second kappa shape index (κ2) is 15.7. The quantitative estimate of drug-likeness (QED) is 0.112. The van der Waals surface area contributed by atoms with E-state index in [1.54, 1.807) is 6.20 Å². The number of ether oxygens (including phenoxy) is 1. The molecule has 9 heteroatoms. The van der Waals surface area contributed by atoms with Crippen molar-refractivity contribution in [1.82, 2.24) is 24.5 Å². The average molecular weight is 945 g/mol. The Labute approximate surface area is 356 Å². The first kappa shape index (κ1) is 37.5. The summed E-state index contributed by atoms with van der Waals surface area (Å²) in [7, 11) is 0. The van der Waals surface area contributed by atoms with Crippen LogP contribution in [0, 0.1) is 32.9 Å². The normalized spacial score (nSPS) is 12.1. The molecule has 0 N–H and O–H groups in total. The summed E-state index contributed by atoms with van der Waals surface area (Å²) in [5.41, 5.74) is 9.78. The zero-order valence-corrected chi connectivity index (χ0v) is 34.6. The molecule has 0 radical (unpaired) electrons. The van der Waals surface area contributed by atoms with Crippen molar-refractivity contribution in [3.63, 3.8) is 0 Å². The molecule has 284 valence electrons. The van der Waals surface area contributed by atoms with E-state index in [-0.39, 0.29) is 21.1 Å². The standard InChI is InChI=1S/C50H35N7O.Pt/c1-33-27-39(28-34(2)35(33)3)56-26-25-55(32-56)38-19-14-20-40(29-38)58-46-31-45-42(41-21-10-11-22-44(41)57(45)47-23-12-13-24-51-47)30-43(46)50-53-48(36-15-6-4-7-16-36)52-49(54-50)37-17-8-5-9-18-37;/h4-28,30H,1-3H3;/q;+2. The van der Waals surface area contributed by atoms with Crippen LogP contribution in [0.15, 0.2) is 158 Å². The van der Waals surface area contributed by atoms with Gasteiger partial charge in [0.2, 0.25) is 5.69 Å². The van der Waals surface area contributed by atoms with Gasteiger partial charge in [0, 0.05) is 46.5 Å². The van der Waals surface area contributed by atoms with Crippen LogP contribution in [0.25, 0.3) is 61.8 Å². The number of rotatable bonds is 8. The van der Waals surface area contributed by atoms with Crippen LogP contribution < -0.4 is 4.74 Å². The first-order valence-electron chi connectivity index (χ1n) is 19.1. The van der Waals surface area contributed by atoms with E-state index in [9.17, 15) is 0 Å². The minimum atomic E-state index is 0. The monoisotopic (exact) mass is 944 g/mol. The molecule has 0 amide bonds. The van der Waals surface area contributed by atoms with Gasteiger partial charge < -0.3 is 9.30 Å². The Kier molecular flexibility index (Phi) is 9.95. The molecule has 0 bridgehead atoms. The number of pyridine rings is 1. The predicted molar refractivity (Wildman–Crippen MR) is 227 cm³/mol. The maximum atomic E-state index is 6.87. The van der Waals surface area contributed by atoms with E-state index in [0.29, 0.717) is 34.5 Å².